The number of Topliss-reactive ketones (excluding diaryl/α,β-unsaturated/α-hetero) is 1. The summed E-state index contributed by atoms with van der Waals surface area (Å²) in [5.74, 6) is 1.00. The Hall–Kier alpha value is -2.44. The second kappa shape index (κ2) is 10.2. The molecule has 0 radical (unpaired) electrons. The Kier molecular flexibility index (Phi) is 7.68. The number of methoxy groups -OCH3 is 1. The molecule has 0 saturated carbocycles. The van der Waals surface area contributed by atoms with Crippen molar-refractivity contribution in [1.29, 1.82) is 0 Å². The highest BCUT2D eigenvalue weighted by molar-refractivity contribution is 8.00. The zero-order chi connectivity index (χ0) is 22.4. The monoisotopic (exact) mass is 453 g/mol. The van der Waals surface area contributed by atoms with Crippen molar-refractivity contribution in [3.63, 3.8) is 0 Å². The fourth-order valence-electron chi connectivity index (χ4n) is 3.35. The molecule has 6 heteroatoms. The number of thioether (sulfide) groups is 1. The van der Waals surface area contributed by atoms with Crippen molar-refractivity contribution in [3.05, 3.63) is 70.7 Å². The van der Waals surface area contributed by atoms with Crippen LogP contribution in [0.2, 0.25) is 0 Å². The number of rotatable bonds is 10. The van der Waals surface area contributed by atoms with Crippen molar-refractivity contribution in [3.8, 4) is 16.3 Å². The summed E-state index contributed by atoms with van der Waals surface area (Å²) in [4.78, 5) is 30.8. The Bertz CT molecular complexity index is 1030. The van der Waals surface area contributed by atoms with Crippen LogP contribution in [0.4, 0.5) is 0 Å². The fraction of sp³-hybridized carbons (Fsp3) is 0.320. The van der Waals surface area contributed by atoms with Gasteiger partial charge in [0.1, 0.15) is 17.0 Å². The van der Waals surface area contributed by atoms with Gasteiger partial charge >= 0.3 is 0 Å². The van der Waals surface area contributed by atoms with Crippen LogP contribution in [0.25, 0.3) is 10.6 Å². The van der Waals surface area contributed by atoms with Crippen molar-refractivity contribution in [2.45, 2.75) is 43.6 Å². The molecule has 3 aromatic rings. The van der Waals surface area contributed by atoms with Gasteiger partial charge in [-0.05, 0) is 38.5 Å². The summed E-state index contributed by atoms with van der Waals surface area (Å²) in [6.07, 6.45) is 0.970. The number of aldehydes is 1. The molecule has 0 aliphatic carbocycles. The van der Waals surface area contributed by atoms with Crippen molar-refractivity contribution in [2.24, 2.45) is 0 Å². The van der Waals surface area contributed by atoms with Crippen LogP contribution in [0.3, 0.4) is 0 Å². The van der Waals surface area contributed by atoms with Crippen LogP contribution in [0.1, 0.15) is 42.3 Å². The summed E-state index contributed by atoms with van der Waals surface area (Å²) in [6.45, 7) is 5.84. The highest BCUT2D eigenvalue weighted by Crippen LogP contribution is 2.39. The molecule has 0 aliphatic heterocycles. The molecule has 0 N–H and O–H groups in total. The van der Waals surface area contributed by atoms with Crippen LogP contribution < -0.4 is 4.74 Å². The molecule has 0 aliphatic rings. The second-order valence-corrected chi connectivity index (χ2v) is 10.6. The quantitative estimate of drug-likeness (QED) is 0.348. The van der Waals surface area contributed by atoms with Gasteiger partial charge in [0.15, 0.2) is 5.78 Å². The number of nitrogens with zero attached hydrogens (tertiary/aromatic N) is 1. The van der Waals surface area contributed by atoms with Crippen molar-refractivity contribution >= 4 is 35.2 Å². The van der Waals surface area contributed by atoms with E-state index in [0.29, 0.717) is 5.75 Å². The zero-order valence-electron chi connectivity index (χ0n) is 18.3. The SMILES string of the molecule is COc1ccc(CSC(C)(C)C(=O)C(CC=O)c2nc(-c3ccccc3)sc2C)cc1. The third-order valence-electron chi connectivity index (χ3n) is 5.18. The average Bonchev–Trinajstić information content (AvgIpc) is 3.18. The van der Waals surface area contributed by atoms with E-state index in [0.717, 1.165) is 38.7 Å². The lowest BCUT2D eigenvalue weighted by atomic mass is 9.89. The first-order chi connectivity index (χ1) is 14.9. The molecule has 31 heavy (non-hydrogen) atoms. The third kappa shape index (κ3) is 5.63. The lowest BCUT2D eigenvalue weighted by Crippen LogP contribution is -2.34. The topological polar surface area (TPSA) is 56.3 Å². The molecule has 1 atom stereocenters. The number of thiazole rings is 1. The van der Waals surface area contributed by atoms with E-state index in [-0.39, 0.29) is 12.2 Å². The van der Waals surface area contributed by atoms with Gasteiger partial charge in [0.2, 0.25) is 0 Å². The van der Waals surface area contributed by atoms with Gasteiger partial charge in [0.05, 0.1) is 23.5 Å². The zero-order valence-corrected chi connectivity index (χ0v) is 19.9. The van der Waals surface area contributed by atoms with Crippen LogP contribution >= 0.6 is 23.1 Å². The predicted octanol–water partition coefficient (Wildman–Crippen LogP) is 6.08. The van der Waals surface area contributed by atoms with Gasteiger partial charge < -0.3 is 9.53 Å². The van der Waals surface area contributed by atoms with Crippen molar-refractivity contribution in [2.75, 3.05) is 7.11 Å². The Morgan fingerprint density at radius 2 is 1.84 bits per heavy atom. The third-order valence-corrected chi connectivity index (χ3v) is 7.62. The lowest BCUT2D eigenvalue weighted by molar-refractivity contribution is -0.123. The van der Waals surface area contributed by atoms with E-state index in [1.54, 1.807) is 30.2 Å². The number of benzene rings is 2. The number of carbonyl (C=O) groups is 2. The number of carbonyl (C=O) groups excluding carboxylic acids is 2. The standard InChI is InChI=1S/C25H27NO3S2/c1-17-22(26-24(31-17)19-8-6-5-7-9-19)21(14-15-27)23(28)25(2,3)30-16-18-10-12-20(29-4)13-11-18/h5-13,15,21H,14,16H2,1-4H3. The molecule has 3 rings (SSSR count). The number of ketones is 1. The Labute approximate surface area is 192 Å². The summed E-state index contributed by atoms with van der Waals surface area (Å²) < 4.78 is 4.55. The largest absolute Gasteiger partial charge is 0.497 e. The maximum atomic E-state index is 13.5. The van der Waals surface area contributed by atoms with Crippen molar-refractivity contribution in [1.82, 2.24) is 4.98 Å². The Morgan fingerprint density at radius 3 is 2.45 bits per heavy atom. The fourth-order valence-corrected chi connectivity index (χ4v) is 5.34. The van der Waals surface area contributed by atoms with E-state index in [9.17, 15) is 9.59 Å². The van der Waals surface area contributed by atoms with E-state index in [1.807, 2.05) is 75.4 Å². The molecule has 0 fully saturated rings. The molecule has 0 bridgehead atoms. The van der Waals surface area contributed by atoms with E-state index in [2.05, 4.69) is 0 Å². The molecule has 2 aromatic carbocycles. The molecule has 1 unspecified atom stereocenters. The van der Waals surface area contributed by atoms with Crippen LogP contribution in [0, 0.1) is 6.92 Å². The van der Waals surface area contributed by atoms with Gasteiger partial charge in [-0.3, -0.25) is 4.79 Å². The maximum absolute atomic E-state index is 13.5. The Balaban J connectivity index is 1.80. The smallest absolute Gasteiger partial charge is 0.157 e. The van der Waals surface area contributed by atoms with E-state index < -0.39 is 10.7 Å². The first-order valence-corrected chi connectivity index (χ1v) is 11.9. The summed E-state index contributed by atoms with van der Waals surface area (Å²) in [5, 5.41) is 0.875. The molecular weight excluding hydrogens is 426 g/mol. The molecule has 1 aromatic heterocycles. The second-order valence-electron chi connectivity index (χ2n) is 7.79. The normalized spacial score (nSPS) is 12.4. The maximum Gasteiger partial charge on any atom is 0.157 e. The number of hydrogen-bond acceptors (Lipinski definition) is 6. The Morgan fingerprint density at radius 1 is 1.16 bits per heavy atom. The van der Waals surface area contributed by atoms with Crippen LogP contribution in [0.5, 0.6) is 5.75 Å². The van der Waals surface area contributed by atoms with Gasteiger partial charge in [0.25, 0.3) is 0 Å². The van der Waals surface area contributed by atoms with Gasteiger partial charge in [-0.2, -0.15) is 0 Å². The number of aromatic nitrogens is 1. The average molecular weight is 454 g/mol. The number of hydrogen-bond donors (Lipinski definition) is 0. The van der Waals surface area contributed by atoms with Crippen LogP contribution in [-0.4, -0.2) is 28.9 Å². The highest BCUT2D eigenvalue weighted by Gasteiger charge is 2.37. The van der Waals surface area contributed by atoms with E-state index in [4.69, 9.17) is 9.72 Å². The van der Waals surface area contributed by atoms with Gasteiger partial charge in [0, 0.05) is 22.6 Å². The summed E-state index contributed by atoms with van der Waals surface area (Å²) >= 11 is 3.15. The van der Waals surface area contributed by atoms with Gasteiger partial charge in [-0.15, -0.1) is 23.1 Å². The molecular formula is C25H27NO3S2. The first kappa shape index (κ1) is 23.2. The first-order valence-electron chi connectivity index (χ1n) is 10.1. The summed E-state index contributed by atoms with van der Waals surface area (Å²) in [7, 11) is 1.64. The minimum atomic E-state index is -0.656. The molecule has 0 saturated heterocycles. The highest BCUT2D eigenvalue weighted by atomic mass is 32.2. The minimum Gasteiger partial charge on any atom is -0.497 e. The minimum absolute atomic E-state index is 0.0334. The lowest BCUT2D eigenvalue weighted by Gasteiger charge is -2.27. The molecule has 1 heterocycles. The molecule has 4 nitrogen and oxygen atoms in total. The van der Waals surface area contributed by atoms with Gasteiger partial charge in [-0.25, -0.2) is 4.98 Å². The van der Waals surface area contributed by atoms with Gasteiger partial charge in [-0.1, -0.05) is 42.5 Å². The molecule has 0 amide bonds. The number of ether oxygens (including phenoxy) is 1. The number of aryl methyl sites for hydroxylation is 1. The summed E-state index contributed by atoms with van der Waals surface area (Å²) in [6, 6.07) is 17.8. The van der Waals surface area contributed by atoms with E-state index in [1.165, 1.54) is 0 Å². The van der Waals surface area contributed by atoms with Crippen LogP contribution in [-0.2, 0) is 15.3 Å². The molecule has 162 valence electrons. The summed E-state index contributed by atoms with van der Waals surface area (Å²) in [5.41, 5.74) is 2.86. The van der Waals surface area contributed by atoms with Crippen LogP contribution in [0.15, 0.2) is 54.6 Å². The predicted molar refractivity (Wildman–Crippen MR) is 129 cm³/mol. The van der Waals surface area contributed by atoms with Crippen molar-refractivity contribution < 1.29 is 14.3 Å². The molecule has 0 spiro atoms. The van der Waals surface area contributed by atoms with E-state index >= 15 is 0 Å².